The van der Waals surface area contributed by atoms with Gasteiger partial charge in [0.05, 0.1) is 10.5 Å². The highest BCUT2D eigenvalue weighted by molar-refractivity contribution is 6.35. The predicted octanol–water partition coefficient (Wildman–Crippen LogP) is 5.99. The van der Waals surface area contributed by atoms with Gasteiger partial charge in [-0.3, -0.25) is 4.98 Å². The number of hydrogen-bond donors (Lipinski definition) is 0. The summed E-state index contributed by atoms with van der Waals surface area (Å²) >= 11 is 17.9. The summed E-state index contributed by atoms with van der Waals surface area (Å²) in [5.41, 5.74) is 0.764. The molecule has 20 heavy (non-hydrogen) atoms. The second-order valence-electron chi connectivity index (χ2n) is 4.15. The molecule has 1 aromatic heterocycles. The van der Waals surface area contributed by atoms with Crippen LogP contribution in [0, 0.1) is 0 Å². The van der Waals surface area contributed by atoms with Crippen LogP contribution >= 0.6 is 34.8 Å². The average molecular weight is 325 g/mol. The van der Waals surface area contributed by atoms with Gasteiger partial charge in [0, 0.05) is 21.6 Å². The van der Waals surface area contributed by atoms with Gasteiger partial charge in [-0.1, -0.05) is 34.8 Å². The molecule has 0 saturated heterocycles. The van der Waals surface area contributed by atoms with E-state index >= 15 is 0 Å². The Labute approximate surface area is 130 Å². The topological polar surface area (TPSA) is 22.1 Å². The molecule has 3 rings (SSSR count). The smallest absolute Gasteiger partial charge is 0.146 e. The molecule has 100 valence electrons. The van der Waals surface area contributed by atoms with Crippen LogP contribution in [0.3, 0.4) is 0 Å². The molecule has 0 aliphatic carbocycles. The number of rotatable bonds is 2. The van der Waals surface area contributed by atoms with Crippen molar-refractivity contribution >= 4 is 45.7 Å². The van der Waals surface area contributed by atoms with Gasteiger partial charge >= 0.3 is 0 Å². The Kier molecular flexibility index (Phi) is 3.70. The Morgan fingerprint density at radius 1 is 0.800 bits per heavy atom. The fourth-order valence-corrected chi connectivity index (χ4v) is 2.47. The van der Waals surface area contributed by atoms with Crippen LogP contribution in [0.15, 0.2) is 48.7 Å². The van der Waals surface area contributed by atoms with Crippen LogP contribution in [0.2, 0.25) is 15.1 Å². The molecule has 0 aliphatic heterocycles. The summed E-state index contributed by atoms with van der Waals surface area (Å²) in [6.45, 7) is 0. The zero-order valence-corrected chi connectivity index (χ0v) is 12.4. The molecule has 0 spiro atoms. The number of ether oxygens (including phenoxy) is 1. The molecule has 0 saturated carbocycles. The lowest BCUT2D eigenvalue weighted by Gasteiger charge is -2.10. The van der Waals surface area contributed by atoms with Crippen molar-refractivity contribution in [1.29, 1.82) is 0 Å². The van der Waals surface area contributed by atoms with Crippen LogP contribution in [0.4, 0.5) is 0 Å². The lowest BCUT2D eigenvalue weighted by Crippen LogP contribution is -1.88. The van der Waals surface area contributed by atoms with Crippen LogP contribution in [0.5, 0.6) is 11.5 Å². The van der Waals surface area contributed by atoms with Crippen LogP contribution in [0.25, 0.3) is 10.9 Å². The van der Waals surface area contributed by atoms with Crippen molar-refractivity contribution in [3.63, 3.8) is 0 Å². The molecule has 0 unspecified atom stereocenters. The molecule has 5 heteroatoms. The molecule has 0 aliphatic rings. The van der Waals surface area contributed by atoms with Gasteiger partial charge in [-0.2, -0.15) is 0 Å². The van der Waals surface area contributed by atoms with Gasteiger partial charge < -0.3 is 4.74 Å². The summed E-state index contributed by atoms with van der Waals surface area (Å²) in [6.07, 6.45) is 1.66. The predicted molar refractivity (Wildman–Crippen MR) is 83.3 cm³/mol. The zero-order chi connectivity index (χ0) is 14.1. The summed E-state index contributed by atoms with van der Waals surface area (Å²) in [5.74, 6) is 1.20. The number of pyridine rings is 1. The van der Waals surface area contributed by atoms with Crippen molar-refractivity contribution in [2.75, 3.05) is 0 Å². The molecule has 2 nitrogen and oxygen atoms in total. The second-order valence-corrected chi connectivity index (χ2v) is 5.43. The standard InChI is InChI=1S/C15H8Cl3NO/c16-9-2-4-15(12(18)7-9)20-14-5-6-19-13-8-10(17)1-3-11(13)14/h1-8H. The molecular weight excluding hydrogens is 317 g/mol. The van der Waals surface area contributed by atoms with Gasteiger partial charge in [0.1, 0.15) is 11.5 Å². The fraction of sp³-hybridized carbons (Fsp3) is 0. The number of benzene rings is 2. The Morgan fingerprint density at radius 2 is 1.55 bits per heavy atom. The molecule has 2 aromatic carbocycles. The van der Waals surface area contributed by atoms with Crippen molar-refractivity contribution < 1.29 is 4.74 Å². The first-order valence-corrected chi connectivity index (χ1v) is 6.94. The molecule has 0 atom stereocenters. The summed E-state index contributed by atoms with van der Waals surface area (Å²) in [6, 6.07) is 12.3. The van der Waals surface area contributed by atoms with E-state index in [0.717, 1.165) is 10.9 Å². The van der Waals surface area contributed by atoms with Crippen LogP contribution < -0.4 is 4.74 Å². The number of fused-ring (bicyclic) bond motifs is 1. The minimum absolute atomic E-state index is 0.455. The van der Waals surface area contributed by atoms with Crippen molar-refractivity contribution in [2.45, 2.75) is 0 Å². The van der Waals surface area contributed by atoms with E-state index in [2.05, 4.69) is 4.98 Å². The minimum Gasteiger partial charge on any atom is -0.455 e. The lowest BCUT2D eigenvalue weighted by atomic mass is 10.2. The van der Waals surface area contributed by atoms with Gasteiger partial charge in [0.2, 0.25) is 0 Å². The van der Waals surface area contributed by atoms with E-state index in [1.807, 2.05) is 6.07 Å². The zero-order valence-electron chi connectivity index (χ0n) is 10.1. The average Bonchev–Trinajstić information content (AvgIpc) is 2.41. The number of halogens is 3. The van der Waals surface area contributed by atoms with Crippen LogP contribution in [-0.4, -0.2) is 4.98 Å². The van der Waals surface area contributed by atoms with Gasteiger partial charge in [-0.25, -0.2) is 0 Å². The molecule has 0 amide bonds. The summed E-state index contributed by atoms with van der Waals surface area (Å²) in [4.78, 5) is 4.26. The number of nitrogens with zero attached hydrogens (tertiary/aromatic N) is 1. The SMILES string of the molecule is Clc1ccc(Oc2ccnc3cc(Cl)ccc23)c(Cl)c1. The summed E-state index contributed by atoms with van der Waals surface area (Å²) in [5, 5.41) is 2.51. The van der Waals surface area contributed by atoms with E-state index in [1.54, 1.807) is 42.6 Å². The quantitative estimate of drug-likeness (QED) is 0.578. The van der Waals surface area contributed by atoms with Crippen LogP contribution in [-0.2, 0) is 0 Å². The molecular formula is C15H8Cl3NO. The molecule has 0 fully saturated rings. The highest BCUT2D eigenvalue weighted by Gasteiger charge is 2.08. The third-order valence-corrected chi connectivity index (χ3v) is 3.54. The molecule has 0 bridgehead atoms. The van der Waals surface area contributed by atoms with E-state index in [1.165, 1.54) is 0 Å². The van der Waals surface area contributed by atoms with Crippen molar-refractivity contribution in [1.82, 2.24) is 4.98 Å². The largest absolute Gasteiger partial charge is 0.455 e. The Bertz CT molecular complexity index is 789. The highest BCUT2D eigenvalue weighted by Crippen LogP contribution is 2.34. The Morgan fingerprint density at radius 3 is 2.35 bits per heavy atom. The molecule has 0 radical (unpaired) electrons. The first-order valence-electron chi connectivity index (χ1n) is 5.81. The van der Waals surface area contributed by atoms with E-state index < -0.39 is 0 Å². The summed E-state index contributed by atoms with van der Waals surface area (Å²) in [7, 11) is 0. The molecule has 3 aromatic rings. The first-order chi connectivity index (χ1) is 9.63. The molecule has 0 N–H and O–H groups in total. The van der Waals surface area contributed by atoms with Crippen molar-refractivity contribution in [2.24, 2.45) is 0 Å². The van der Waals surface area contributed by atoms with E-state index in [4.69, 9.17) is 39.5 Å². The minimum atomic E-state index is 0.455. The maximum absolute atomic E-state index is 6.11. The van der Waals surface area contributed by atoms with E-state index in [-0.39, 0.29) is 0 Å². The van der Waals surface area contributed by atoms with Crippen molar-refractivity contribution in [3.05, 3.63) is 63.7 Å². The van der Waals surface area contributed by atoms with E-state index in [0.29, 0.717) is 26.6 Å². The lowest BCUT2D eigenvalue weighted by molar-refractivity contribution is 0.488. The first kappa shape index (κ1) is 13.5. The fourth-order valence-electron chi connectivity index (χ4n) is 1.86. The van der Waals surface area contributed by atoms with Gasteiger partial charge in [0.15, 0.2) is 0 Å². The highest BCUT2D eigenvalue weighted by atomic mass is 35.5. The van der Waals surface area contributed by atoms with E-state index in [9.17, 15) is 0 Å². The maximum atomic E-state index is 6.11. The third-order valence-electron chi connectivity index (χ3n) is 2.78. The summed E-state index contributed by atoms with van der Waals surface area (Å²) < 4.78 is 5.84. The van der Waals surface area contributed by atoms with Gasteiger partial charge in [-0.05, 0) is 42.5 Å². The normalized spacial score (nSPS) is 10.8. The van der Waals surface area contributed by atoms with Crippen LogP contribution in [0.1, 0.15) is 0 Å². The Hall–Kier alpha value is -1.48. The monoisotopic (exact) mass is 323 g/mol. The van der Waals surface area contributed by atoms with Gasteiger partial charge in [0.25, 0.3) is 0 Å². The Balaban J connectivity index is 2.06. The van der Waals surface area contributed by atoms with Crippen molar-refractivity contribution in [3.8, 4) is 11.5 Å². The number of hydrogen-bond acceptors (Lipinski definition) is 2. The third kappa shape index (κ3) is 2.68. The second kappa shape index (κ2) is 5.49. The molecule has 1 heterocycles. The maximum Gasteiger partial charge on any atom is 0.146 e. The van der Waals surface area contributed by atoms with Gasteiger partial charge in [-0.15, -0.1) is 0 Å². The number of aromatic nitrogens is 1.